The molecule has 0 aliphatic heterocycles. The van der Waals surface area contributed by atoms with Crippen molar-refractivity contribution in [3.05, 3.63) is 21.9 Å². The summed E-state index contributed by atoms with van der Waals surface area (Å²) in [6, 6.07) is 3.94. The second-order valence-electron chi connectivity index (χ2n) is 4.88. The van der Waals surface area contributed by atoms with E-state index in [1.807, 2.05) is 12.1 Å². The smallest absolute Gasteiger partial charge is 0.308 e. The first-order chi connectivity index (χ1) is 9.22. The van der Waals surface area contributed by atoms with Gasteiger partial charge in [-0.2, -0.15) is 0 Å². The van der Waals surface area contributed by atoms with E-state index in [0.717, 1.165) is 18.0 Å². The van der Waals surface area contributed by atoms with E-state index >= 15 is 0 Å². The summed E-state index contributed by atoms with van der Waals surface area (Å²) >= 11 is 1.59. The van der Waals surface area contributed by atoms with Gasteiger partial charge in [0.05, 0.1) is 6.42 Å². The average Bonchev–Trinajstić information content (AvgIpc) is 2.79. The van der Waals surface area contributed by atoms with Gasteiger partial charge in [0, 0.05) is 16.3 Å². The number of unbranched alkanes of at least 4 members (excludes halogenated alkanes) is 5. The average molecular weight is 283 g/mol. The Kier molecular flexibility index (Phi) is 8.50. The molecule has 0 atom stereocenters. The van der Waals surface area contributed by atoms with Crippen LogP contribution in [0, 0.1) is 0 Å². The van der Waals surface area contributed by atoms with E-state index in [0.29, 0.717) is 0 Å². The summed E-state index contributed by atoms with van der Waals surface area (Å²) in [7, 11) is 0. The molecule has 1 heterocycles. The molecule has 0 aromatic carbocycles. The quantitative estimate of drug-likeness (QED) is 0.607. The number of rotatable bonds is 11. The number of nitrogens with one attached hydrogen (secondary N) is 1. The summed E-state index contributed by atoms with van der Waals surface area (Å²) in [5.41, 5.74) is 0. The number of carboxylic acids is 1. The zero-order valence-electron chi connectivity index (χ0n) is 11.8. The molecule has 3 nitrogen and oxygen atoms in total. The minimum absolute atomic E-state index is 0.141. The molecule has 1 aromatic rings. The standard InChI is InChI=1S/C15H25NO2S/c1-2-3-4-5-6-7-10-16-12-14-9-8-13(19-14)11-15(17)18/h8-9,16H,2-7,10-12H2,1H3,(H,17,18). The zero-order chi connectivity index (χ0) is 13.9. The van der Waals surface area contributed by atoms with Crippen LogP contribution in [-0.2, 0) is 17.8 Å². The van der Waals surface area contributed by atoms with E-state index in [2.05, 4.69) is 12.2 Å². The molecule has 0 spiro atoms. The van der Waals surface area contributed by atoms with E-state index in [1.54, 1.807) is 11.3 Å². The van der Waals surface area contributed by atoms with Gasteiger partial charge in [-0.25, -0.2) is 0 Å². The van der Waals surface area contributed by atoms with Crippen molar-refractivity contribution in [2.75, 3.05) is 6.54 Å². The largest absolute Gasteiger partial charge is 0.481 e. The number of hydrogen-bond acceptors (Lipinski definition) is 3. The maximum atomic E-state index is 10.6. The van der Waals surface area contributed by atoms with Crippen LogP contribution in [0.2, 0.25) is 0 Å². The van der Waals surface area contributed by atoms with Crippen molar-refractivity contribution in [3.63, 3.8) is 0 Å². The summed E-state index contributed by atoms with van der Waals surface area (Å²) in [6.45, 7) is 4.15. The van der Waals surface area contributed by atoms with Crippen molar-refractivity contribution in [2.24, 2.45) is 0 Å². The molecule has 0 unspecified atom stereocenters. The molecule has 0 amide bonds. The van der Waals surface area contributed by atoms with Gasteiger partial charge in [0.1, 0.15) is 0 Å². The fourth-order valence-corrected chi connectivity index (χ4v) is 2.98. The predicted octanol–water partition coefficient (Wildman–Crippen LogP) is 3.83. The summed E-state index contributed by atoms with van der Waals surface area (Å²) in [6.07, 6.45) is 8.04. The summed E-state index contributed by atoms with van der Waals surface area (Å²) < 4.78 is 0. The molecule has 19 heavy (non-hydrogen) atoms. The fraction of sp³-hybridized carbons (Fsp3) is 0.667. The maximum absolute atomic E-state index is 10.6. The van der Waals surface area contributed by atoms with E-state index in [1.165, 1.54) is 43.4 Å². The second-order valence-corrected chi connectivity index (χ2v) is 6.14. The van der Waals surface area contributed by atoms with Gasteiger partial charge in [-0.3, -0.25) is 4.79 Å². The lowest BCUT2D eigenvalue weighted by atomic mass is 10.1. The Bertz CT molecular complexity index is 363. The molecule has 1 aromatic heterocycles. The first-order valence-electron chi connectivity index (χ1n) is 7.22. The number of hydrogen-bond donors (Lipinski definition) is 2. The predicted molar refractivity (Wildman–Crippen MR) is 80.7 cm³/mol. The van der Waals surface area contributed by atoms with Crippen LogP contribution >= 0.6 is 11.3 Å². The highest BCUT2D eigenvalue weighted by molar-refractivity contribution is 7.12. The molecule has 1 rings (SSSR count). The third-order valence-electron chi connectivity index (χ3n) is 3.05. The molecule has 108 valence electrons. The van der Waals surface area contributed by atoms with Crippen LogP contribution in [0.25, 0.3) is 0 Å². The van der Waals surface area contributed by atoms with Crippen LogP contribution in [0.4, 0.5) is 0 Å². The second kappa shape index (κ2) is 9.98. The van der Waals surface area contributed by atoms with Crippen molar-refractivity contribution < 1.29 is 9.90 Å². The van der Waals surface area contributed by atoms with Gasteiger partial charge < -0.3 is 10.4 Å². The van der Waals surface area contributed by atoms with Crippen LogP contribution in [0.1, 0.15) is 55.2 Å². The topological polar surface area (TPSA) is 49.3 Å². The number of aliphatic carboxylic acids is 1. The lowest BCUT2D eigenvalue weighted by Gasteiger charge is -2.03. The Morgan fingerprint density at radius 2 is 1.84 bits per heavy atom. The molecule has 0 fully saturated rings. The zero-order valence-corrected chi connectivity index (χ0v) is 12.6. The first-order valence-corrected chi connectivity index (χ1v) is 8.04. The van der Waals surface area contributed by atoms with Crippen LogP contribution < -0.4 is 5.32 Å². The van der Waals surface area contributed by atoms with Crippen molar-refractivity contribution in [1.29, 1.82) is 0 Å². The fourth-order valence-electron chi connectivity index (χ4n) is 2.00. The molecular formula is C15H25NO2S. The Hall–Kier alpha value is -0.870. The van der Waals surface area contributed by atoms with Crippen LogP contribution in [0.15, 0.2) is 12.1 Å². The molecule has 0 radical (unpaired) electrons. The lowest BCUT2D eigenvalue weighted by Crippen LogP contribution is -2.13. The van der Waals surface area contributed by atoms with Crippen molar-refractivity contribution in [3.8, 4) is 0 Å². The third kappa shape index (κ3) is 8.01. The van der Waals surface area contributed by atoms with Crippen LogP contribution in [0.3, 0.4) is 0 Å². The Morgan fingerprint density at radius 1 is 1.16 bits per heavy atom. The normalized spacial score (nSPS) is 10.8. The molecule has 0 bridgehead atoms. The van der Waals surface area contributed by atoms with Crippen LogP contribution in [0.5, 0.6) is 0 Å². The first kappa shape index (κ1) is 16.2. The van der Waals surface area contributed by atoms with Crippen molar-refractivity contribution in [2.45, 2.75) is 58.4 Å². The van der Waals surface area contributed by atoms with Gasteiger partial charge in [-0.1, -0.05) is 39.0 Å². The number of carboxylic acid groups (broad SMARTS) is 1. The van der Waals surface area contributed by atoms with E-state index < -0.39 is 5.97 Å². The SMILES string of the molecule is CCCCCCCCNCc1ccc(CC(=O)O)s1. The van der Waals surface area contributed by atoms with Gasteiger partial charge in [0.15, 0.2) is 0 Å². The minimum atomic E-state index is -0.756. The minimum Gasteiger partial charge on any atom is -0.481 e. The maximum Gasteiger partial charge on any atom is 0.308 e. The molecular weight excluding hydrogens is 258 g/mol. The molecule has 0 aliphatic carbocycles. The molecule has 4 heteroatoms. The van der Waals surface area contributed by atoms with Gasteiger partial charge in [0.25, 0.3) is 0 Å². The molecule has 0 saturated heterocycles. The van der Waals surface area contributed by atoms with E-state index in [9.17, 15) is 4.79 Å². The number of carbonyl (C=O) groups is 1. The van der Waals surface area contributed by atoms with Crippen LogP contribution in [-0.4, -0.2) is 17.6 Å². The highest BCUT2D eigenvalue weighted by Crippen LogP contribution is 2.16. The molecule has 2 N–H and O–H groups in total. The Labute approximate surface area is 120 Å². The van der Waals surface area contributed by atoms with Gasteiger partial charge in [0.2, 0.25) is 0 Å². The Morgan fingerprint density at radius 3 is 2.58 bits per heavy atom. The number of thiophene rings is 1. The van der Waals surface area contributed by atoms with Gasteiger partial charge in [-0.05, 0) is 25.1 Å². The highest BCUT2D eigenvalue weighted by atomic mass is 32.1. The summed E-state index contributed by atoms with van der Waals surface area (Å²) in [4.78, 5) is 12.7. The van der Waals surface area contributed by atoms with Crippen molar-refractivity contribution in [1.82, 2.24) is 5.32 Å². The molecule has 0 aliphatic rings. The summed E-state index contributed by atoms with van der Waals surface area (Å²) in [5, 5.41) is 12.1. The Balaban J connectivity index is 2.03. The molecule has 0 saturated carbocycles. The van der Waals surface area contributed by atoms with Gasteiger partial charge in [-0.15, -0.1) is 11.3 Å². The third-order valence-corrected chi connectivity index (χ3v) is 4.13. The van der Waals surface area contributed by atoms with Crippen molar-refractivity contribution >= 4 is 17.3 Å². The van der Waals surface area contributed by atoms with E-state index in [4.69, 9.17) is 5.11 Å². The monoisotopic (exact) mass is 283 g/mol. The van der Waals surface area contributed by atoms with Gasteiger partial charge >= 0.3 is 5.97 Å². The van der Waals surface area contributed by atoms with E-state index in [-0.39, 0.29) is 6.42 Å². The highest BCUT2D eigenvalue weighted by Gasteiger charge is 2.04. The summed E-state index contributed by atoms with van der Waals surface area (Å²) in [5.74, 6) is -0.756. The lowest BCUT2D eigenvalue weighted by molar-refractivity contribution is -0.136.